The lowest BCUT2D eigenvalue weighted by molar-refractivity contribution is -0.384. The lowest BCUT2D eigenvalue weighted by atomic mass is 10.1. The third-order valence-electron chi connectivity index (χ3n) is 3.18. The van der Waals surface area contributed by atoms with Crippen molar-refractivity contribution in [2.24, 2.45) is 0 Å². The molecule has 1 saturated heterocycles. The van der Waals surface area contributed by atoms with Crippen LogP contribution < -0.4 is 4.90 Å². The number of carboxylic acid groups (broad SMARTS) is 1. The molecular weight excluding hydrogens is 264 g/mol. The molecule has 0 unspecified atom stereocenters. The zero-order valence-electron chi connectivity index (χ0n) is 11.3. The Morgan fingerprint density at radius 1 is 1.40 bits per heavy atom. The quantitative estimate of drug-likeness (QED) is 0.671. The number of ether oxygens (including phenoxy) is 1. The molecule has 2 rings (SSSR count). The normalized spacial score (nSPS) is 22.6. The molecule has 1 heterocycles. The summed E-state index contributed by atoms with van der Waals surface area (Å²) in [5, 5.41) is 20.1. The molecule has 0 aliphatic carbocycles. The van der Waals surface area contributed by atoms with Crippen molar-refractivity contribution in [1.29, 1.82) is 0 Å². The summed E-state index contributed by atoms with van der Waals surface area (Å²) in [7, 11) is 0. The van der Waals surface area contributed by atoms with Gasteiger partial charge in [0.2, 0.25) is 0 Å². The fraction of sp³-hybridized carbons (Fsp3) is 0.462. The van der Waals surface area contributed by atoms with Crippen molar-refractivity contribution >= 4 is 17.3 Å². The number of benzene rings is 1. The number of hydrogen-bond donors (Lipinski definition) is 1. The van der Waals surface area contributed by atoms with Crippen molar-refractivity contribution in [2.45, 2.75) is 26.1 Å². The third-order valence-corrected chi connectivity index (χ3v) is 3.18. The van der Waals surface area contributed by atoms with Crippen molar-refractivity contribution in [3.63, 3.8) is 0 Å². The van der Waals surface area contributed by atoms with Crippen LogP contribution in [0.2, 0.25) is 0 Å². The fourth-order valence-electron chi connectivity index (χ4n) is 2.44. The molecule has 0 bridgehead atoms. The van der Waals surface area contributed by atoms with Gasteiger partial charge in [0, 0.05) is 19.2 Å². The maximum Gasteiger partial charge on any atom is 0.335 e. The molecule has 20 heavy (non-hydrogen) atoms. The van der Waals surface area contributed by atoms with Crippen LogP contribution in [-0.2, 0) is 4.74 Å². The molecule has 0 radical (unpaired) electrons. The van der Waals surface area contributed by atoms with Gasteiger partial charge in [0.1, 0.15) is 5.69 Å². The van der Waals surface area contributed by atoms with E-state index in [1.165, 1.54) is 18.2 Å². The third kappa shape index (κ3) is 2.88. The smallest absolute Gasteiger partial charge is 0.335 e. The first-order chi connectivity index (χ1) is 9.38. The largest absolute Gasteiger partial charge is 0.478 e. The SMILES string of the molecule is C[C@@H]1CN(c2cc(C(=O)O)ccc2[N+](=O)[O-])C[C@H](C)O1. The molecule has 2 atom stereocenters. The monoisotopic (exact) mass is 280 g/mol. The molecule has 0 spiro atoms. The van der Waals surface area contributed by atoms with E-state index in [1.807, 2.05) is 18.7 Å². The predicted molar refractivity (Wildman–Crippen MR) is 72.3 cm³/mol. The van der Waals surface area contributed by atoms with Gasteiger partial charge in [-0.05, 0) is 26.0 Å². The Morgan fingerprint density at radius 3 is 2.50 bits per heavy atom. The second kappa shape index (κ2) is 5.46. The predicted octanol–water partition coefficient (Wildman–Crippen LogP) is 1.91. The van der Waals surface area contributed by atoms with E-state index in [0.29, 0.717) is 18.8 Å². The minimum atomic E-state index is -1.10. The minimum absolute atomic E-state index is 0.0393. The Bertz CT molecular complexity index is 536. The van der Waals surface area contributed by atoms with Crippen LogP contribution in [0, 0.1) is 10.1 Å². The Morgan fingerprint density at radius 2 is 2.00 bits per heavy atom. The Hall–Kier alpha value is -2.15. The van der Waals surface area contributed by atoms with E-state index < -0.39 is 10.9 Å². The number of nitro groups is 1. The fourth-order valence-corrected chi connectivity index (χ4v) is 2.44. The number of rotatable bonds is 3. The second-order valence-corrected chi connectivity index (χ2v) is 4.93. The van der Waals surface area contributed by atoms with Crippen LogP contribution in [-0.4, -0.2) is 41.3 Å². The zero-order chi connectivity index (χ0) is 14.9. The first-order valence-electron chi connectivity index (χ1n) is 6.30. The van der Waals surface area contributed by atoms with Crippen LogP contribution in [0.1, 0.15) is 24.2 Å². The zero-order valence-corrected chi connectivity index (χ0v) is 11.3. The van der Waals surface area contributed by atoms with E-state index in [-0.39, 0.29) is 23.5 Å². The van der Waals surface area contributed by atoms with Crippen molar-refractivity contribution < 1.29 is 19.6 Å². The molecule has 108 valence electrons. The average Bonchev–Trinajstić information content (AvgIpc) is 2.36. The van der Waals surface area contributed by atoms with Gasteiger partial charge in [0.05, 0.1) is 22.7 Å². The molecule has 7 heteroatoms. The number of morpholine rings is 1. The lowest BCUT2D eigenvalue weighted by Crippen LogP contribution is -2.45. The highest BCUT2D eigenvalue weighted by molar-refractivity contribution is 5.90. The number of aromatic carboxylic acids is 1. The van der Waals surface area contributed by atoms with E-state index in [4.69, 9.17) is 9.84 Å². The molecule has 1 aromatic carbocycles. The van der Waals surface area contributed by atoms with E-state index in [0.717, 1.165) is 0 Å². The second-order valence-electron chi connectivity index (χ2n) is 4.93. The molecule has 1 aliphatic rings. The van der Waals surface area contributed by atoms with E-state index in [2.05, 4.69) is 0 Å². The van der Waals surface area contributed by atoms with Crippen molar-refractivity contribution in [3.05, 3.63) is 33.9 Å². The number of anilines is 1. The molecule has 1 N–H and O–H groups in total. The average molecular weight is 280 g/mol. The van der Waals surface area contributed by atoms with E-state index in [9.17, 15) is 14.9 Å². The summed E-state index contributed by atoms with van der Waals surface area (Å²) in [6.45, 7) is 4.76. The molecule has 0 saturated carbocycles. The number of hydrogen-bond acceptors (Lipinski definition) is 5. The summed E-state index contributed by atoms with van der Waals surface area (Å²) in [6, 6.07) is 3.84. The topological polar surface area (TPSA) is 92.9 Å². The highest BCUT2D eigenvalue weighted by Gasteiger charge is 2.28. The standard InChI is InChI=1S/C13H16N2O5/c1-8-6-14(7-9(2)20-8)12-5-10(13(16)17)3-4-11(12)15(18)19/h3-5,8-9H,6-7H2,1-2H3,(H,16,17)/t8-,9+. The molecule has 1 fully saturated rings. The van der Waals surface area contributed by atoms with Gasteiger partial charge in [-0.1, -0.05) is 0 Å². The molecule has 0 amide bonds. The van der Waals surface area contributed by atoms with Gasteiger partial charge >= 0.3 is 5.97 Å². The summed E-state index contributed by atoms with van der Waals surface area (Å²) in [4.78, 5) is 23.5. The van der Waals surface area contributed by atoms with Gasteiger partial charge in [-0.2, -0.15) is 0 Å². The first-order valence-corrected chi connectivity index (χ1v) is 6.30. The van der Waals surface area contributed by atoms with Gasteiger partial charge in [-0.15, -0.1) is 0 Å². The minimum Gasteiger partial charge on any atom is -0.478 e. The molecule has 0 aromatic heterocycles. The van der Waals surface area contributed by atoms with Crippen molar-refractivity contribution in [1.82, 2.24) is 0 Å². The maximum atomic E-state index is 11.1. The van der Waals surface area contributed by atoms with Gasteiger partial charge < -0.3 is 14.7 Å². The maximum absolute atomic E-state index is 11.1. The molecule has 1 aliphatic heterocycles. The summed E-state index contributed by atoms with van der Waals surface area (Å²) >= 11 is 0. The lowest BCUT2D eigenvalue weighted by Gasteiger charge is -2.36. The van der Waals surface area contributed by atoms with Crippen LogP contribution >= 0.6 is 0 Å². The Labute approximate surface area is 115 Å². The summed E-state index contributed by atoms with van der Waals surface area (Å²) in [5.41, 5.74) is 0.283. The summed E-state index contributed by atoms with van der Waals surface area (Å²) < 4.78 is 5.59. The van der Waals surface area contributed by atoms with Crippen LogP contribution in [0.15, 0.2) is 18.2 Å². The van der Waals surface area contributed by atoms with Crippen molar-refractivity contribution in [3.8, 4) is 0 Å². The summed E-state index contributed by atoms with van der Waals surface area (Å²) in [5.74, 6) is -1.10. The van der Waals surface area contributed by atoms with Crippen LogP contribution in [0.4, 0.5) is 11.4 Å². The number of nitro benzene ring substituents is 1. The molecular formula is C13H16N2O5. The van der Waals surface area contributed by atoms with Crippen molar-refractivity contribution in [2.75, 3.05) is 18.0 Å². The summed E-state index contributed by atoms with van der Waals surface area (Å²) in [6.07, 6.45) is -0.126. The van der Waals surface area contributed by atoms with E-state index in [1.54, 1.807) is 0 Å². The number of nitrogens with zero attached hydrogens (tertiary/aromatic N) is 2. The Balaban J connectivity index is 2.43. The van der Waals surface area contributed by atoms with Gasteiger partial charge in [-0.25, -0.2) is 4.79 Å². The van der Waals surface area contributed by atoms with Crippen LogP contribution in [0.5, 0.6) is 0 Å². The number of carboxylic acids is 1. The highest BCUT2D eigenvalue weighted by atomic mass is 16.6. The molecule has 1 aromatic rings. The van der Waals surface area contributed by atoms with Crippen LogP contribution in [0.3, 0.4) is 0 Å². The van der Waals surface area contributed by atoms with Gasteiger partial charge in [0.25, 0.3) is 5.69 Å². The highest BCUT2D eigenvalue weighted by Crippen LogP contribution is 2.31. The molecule has 7 nitrogen and oxygen atoms in total. The van der Waals surface area contributed by atoms with E-state index >= 15 is 0 Å². The van der Waals surface area contributed by atoms with Gasteiger partial charge in [-0.3, -0.25) is 10.1 Å². The van der Waals surface area contributed by atoms with Gasteiger partial charge in [0.15, 0.2) is 0 Å². The first kappa shape index (κ1) is 14.3. The Kier molecular flexibility index (Phi) is 3.89. The van der Waals surface area contributed by atoms with Crippen LogP contribution in [0.25, 0.3) is 0 Å². The number of carbonyl (C=O) groups is 1.